The van der Waals surface area contributed by atoms with Crippen LogP contribution in [0.4, 0.5) is 0 Å². The Balaban J connectivity index is 1.75. The van der Waals surface area contributed by atoms with E-state index in [0.29, 0.717) is 26.6 Å². The molecule has 0 saturated carbocycles. The Hall–Kier alpha value is -1.21. The maximum atomic E-state index is 12.2. The Morgan fingerprint density at radius 1 is 1.30 bits per heavy atom. The highest BCUT2D eigenvalue weighted by Crippen LogP contribution is 2.34. The minimum atomic E-state index is -0.0641. The van der Waals surface area contributed by atoms with Crippen LogP contribution in [0.1, 0.15) is 12.7 Å². The molecule has 118 valence electrons. The van der Waals surface area contributed by atoms with Gasteiger partial charge in [0, 0.05) is 22.5 Å². The standard InChI is InChI=1S/C16H12ClNO2S3/c1-2-18-15(19)13(23-16(18)21)9-11-5-8-14(20-11)22-12-6-3-10(17)4-7-12/h3-9H,2H2,1H3/b13-9-. The van der Waals surface area contributed by atoms with Crippen LogP contribution >= 0.6 is 47.3 Å². The fourth-order valence-electron chi connectivity index (χ4n) is 1.99. The number of carbonyl (C=O) groups is 1. The van der Waals surface area contributed by atoms with Gasteiger partial charge in [-0.2, -0.15) is 0 Å². The van der Waals surface area contributed by atoms with E-state index < -0.39 is 0 Å². The van der Waals surface area contributed by atoms with Crippen LogP contribution in [0.25, 0.3) is 6.08 Å². The third kappa shape index (κ3) is 3.83. The number of nitrogens with zero attached hydrogens (tertiary/aromatic N) is 1. The molecule has 1 aromatic carbocycles. The molecule has 2 heterocycles. The maximum absolute atomic E-state index is 12.2. The zero-order valence-electron chi connectivity index (χ0n) is 12.1. The molecule has 0 radical (unpaired) electrons. The first-order chi connectivity index (χ1) is 11.1. The summed E-state index contributed by atoms with van der Waals surface area (Å²) in [6.07, 6.45) is 1.74. The van der Waals surface area contributed by atoms with Crippen molar-refractivity contribution < 1.29 is 9.21 Å². The molecule has 0 unspecified atom stereocenters. The van der Waals surface area contributed by atoms with Crippen LogP contribution in [0.2, 0.25) is 5.02 Å². The molecule has 1 fully saturated rings. The summed E-state index contributed by atoms with van der Waals surface area (Å²) < 4.78 is 6.35. The topological polar surface area (TPSA) is 33.5 Å². The first-order valence-electron chi connectivity index (χ1n) is 6.85. The second-order valence-corrected chi connectivity index (χ2v) is 7.83. The van der Waals surface area contributed by atoms with Crippen molar-refractivity contribution in [3.05, 3.63) is 52.1 Å². The Morgan fingerprint density at radius 2 is 2.04 bits per heavy atom. The van der Waals surface area contributed by atoms with Crippen LogP contribution in [0.15, 0.2) is 55.7 Å². The van der Waals surface area contributed by atoms with Crippen molar-refractivity contribution in [3.63, 3.8) is 0 Å². The van der Waals surface area contributed by atoms with E-state index in [1.165, 1.54) is 23.5 Å². The van der Waals surface area contributed by atoms with E-state index in [2.05, 4.69) is 0 Å². The lowest BCUT2D eigenvalue weighted by Gasteiger charge is -2.09. The molecule has 0 atom stereocenters. The number of amides is 1. The third-order valence-electron chi connectivity index (χ3n) is 3.10. The molecule has 3 rings (SSSR count). The number of halogens is 1. The van der Waals surface area contributed by atoms with Crippen LogP contribution < -0.4 is 0 Å². The van der Waals surface area contributed by atoms with Gasteiger partial charge < -0.3 is 4.42 Å². The van der Waals surface area contributed by atoms with Crippen LogP contribution in [-0.4, -0.2) is 21.7 Å². The second kappa shape index (κ2) is 7.13. The highest BCUT2D eigenvalue weighted by molar-refractivity contribution is 8.26. The van der Waals surface area contributed by atoms with Crippen molar-refractivity contribution in [1.82, 2.24) is 4.90 Å². The number of hydrogen-bond acceptors (Lipinski definition) is 5. The Labute approximate surface area is 153 Å². The van der Waals surface area contributed by atoms with Crippen LogP contribution in [0.3, 0.4) is 0 Å². The number of hydrogen-bond donors (Lipinski definition) is 0. The van der Waals surface area contributed by atoms with Gasteiger partial charge in [0.2, 0.25) is 0 Å². The van der Waals surface area contributed by atoms with E-state index in [-0.39, 0.29) is 5.91 Å². The number of thioether (sulfide) groups is 1. The van der Waals surface area contributed by atoms with Crippen molar-refractivity contribution in [2.45, 2.75) is 16.9 Å². The van der Waals surface area contributed by atoms with E-state index in [0.717, 1.165) is 9.99 Å². The SMILES string of the molecule is CCN1C(=O)/C(=C/c2ccc(Sc3ccc(Cl)cc3)o2)SC1=S. The summed E-state index contributed by atoms with van der Waals surface area (Å²) in [7, 11) is 0. The summed E-state index contributed by atoms with van der Waals surface area (Å²) in [6, 6.07) is 11.3. The smallest absolute Gasteiger partial charge is 0.266 e. The molecule has 1 saturated heterocycles. The van der Waals surface area contributed by atoms with Gasteiger partial charge in [0.1, 0.15) is 10.1 Å². The lowest BCUT2D eigenvalue weighted by Crippen LogP contribution is -2.27. The maximum Gasteiger partial charge on any atom is 0.266 e. The lowest BCUT2D eigenvalue weighted by molar-refractivity contribution is -0.121. The van der Waals surface area contributed by atoms with Gasteiger partial charge in [0.25, 0.3) is 5.91 Å². The number of furan rings is 1. The molecule has 23 heavy (non-hydrogen) atoms. The van der Waals surface area contributed by atoms with Crippen LogP contribution in [-0.2, 0) is 4.79 Å². The Bertz CT molecular complexity index is 783. The van der Waals surface area contributed by atoms with Crippen molar-refractivity contribution >= 4 is 63.6 Å². The van der Waals surface area contributed by atoms with Crippen molar-refractivity contribution in [3.8, 4) is 0 Å². The quantitative estimate of drug-likeness (QED) is 0.529. The molecular weight excluding hydrogens is 370 g/mol. The highest BCUT2D eigenvalue weighted by Gasteiger charge is 2.30. The van der Waals surface area contributed by atoms with Crippen LogP contribution in [0, 0.1) is 0 Å². The summed E-state index contributed by atoms with van der Waals surface area (Å²) in [6.45, 7) is 2.49. The number of carbonyl (C=O) groups excluding carboxylic acids is 1. The third-order valence-corrected chi connectivity index (χ3v) is 5.66. The van der Waals surface area contributed by atoms with Gasteiger partial charge in [0.05, 0.1) is 4.91 Å². The largest absolute Gasteiger partial charge is 0.450 e. The van der Waals surface area contributed by atoms with Gasteiger partial charge in [0.15, 0.2) is 5.09 Å². The number of benzene rings is 1. The van der Waals surface area contributed by atoms with E-state index >= 15 is 0 Å². The van der Waals surface area contributed by atoms with E-state index in [1.807, 2.05) is 43.3 Å². The molecule has 1 aromatic heterocycles. The average Bonchev–Trinajstić information content (AvgIpc) is 3.07. The van der Waals surface area contributed by atoms with Gasteiger partial charge in [-0.1, -0.05) is 47.3 Å². The van der Waals surface area contributed by atoms with Gasteiger partial charge in [-0.3, -0.25) is 9.69 Å². The first-order valence-corrected chi connectivity index (χ1v) is 9.27. The lowest BCUT2D eigenvalue weighted by atomic mass is 10.3. The summed E-state index contributed by atoms with van der Waals surface area (Å²) in [5.74, 6) is 0.573. The molecule has 2 aromatic rings. The summed E-state index contributed by atoms with van der Waals surface area (Å²) >= 11 is 13.9. The second-order valence-electron chi connectivity index (χ2n) is 4.64. The Kier molecular flexibility index (Phi) is 5.16. The molecule has 1 aliphatic heterocycles. The number of thiocarbonyl (C=S) groups is 1. The van der Waals surface area contributed by atoms with Gasteiger partial charge in [-0.25, -0.2) is 0 Å². The first kappa shape index (κ1) is 16.6. The molecule has 3 nitrogen and oxygen atoms in total. The molecular formula is C16H12ClNO2S3. The van der Waals surface area contributed by atoms with Gasteiger partial charge in [-0.05, 0) is 43.3 Å². The molecule has 1 aliphatic rings. The summed E-state index contributed by atoms with van der Waals surface area (Å²) in [5, 5.41) is 1.46. The minimum absolute atomic E-state index is 0.0641. The van der Waals surface area contributed by atoms with Gasteiger partial charge >= 0.3 is 0 Å². The van der Waals surface area contributed by atoms with Crippen molar-refractivity contribution in [2.24, 2.45) is 0 Å². The fourth-order valence-corrected chi connectivity index (χ4v) is 4.26. The highest BCUT2D eigenvalue weighted by atomic mass is 35.5. The molecule has 0 aliphatic carbocycles. The monoisotopic (exact) mass is 381 g/mol. The Morgan fingerprint density at radius 3 is 2.70 bits per heavy atom. The molecule has 0 spiro atoms. The average molecular weight is 382 g/mol. The predicted molar refractivity (Wildman–Crippen MR) is 99.8 cm³/mol. The van der Waals surface area contributed by atoms with Gasteiger partial charge in [-0.15, -0.1) is 0 Å². The number of likely N-dealkylation sites (N-methyl/N-ethyl adjacent to an activating group) is 1. The minimum Gasteiger partial charge on any atom is -0.450 e. The molecule has 7 heteroatoms. The van der Waals surface area contributed by atoms with Crippen molar-refractivity contribution in [2.75, 3.05) is 6.54 Å². The van der Waals surface area contributed by atoms with E-state index in [9.17, 15) is 4.79 Å². The number of rotatable bonds is 4. The fraction of sp³-hybridized carbons (Fsp3) is 0.125. The predicted octanol–water partition coefficient (Wildman–Crippen LogP) is 5.31. The molecule has 0 bridgehead atoms. The summed E-state index contributed by atoms with van der Waals surface area (Å²) in [4.78, 5) is 15.4. The molecule has 0 N–H and O–H groups in total. The zero-order chi connectivity index (χ0) is 16.4. The zero-order valence-corrected chi connectivity index (χ0v) is 15.3. The van der Waals surface area contributed by atoms with E-state index in [1.54, 1.807) is 11.0 Å². The normalized spacial score (nSPS) is 16.6. The van der Waals surface area contributed by atoms with E-state index in [4.69, 9.17) is 28.2 Å². The van der Waals surface area contributed by atoms with Crippen LogP contribution in [0.5, 0.6) is 0 Å². The van der Waals surface area contributed by atoms with Crippen molar-refractivity contribution in [1.29, 1.82) is 0 Å². The summed E-state index contributed by atoms with van der Waals surface area (Å²) in [5.41, 5.74) is 0. The molecule has 1 amide bonds.